The fourth-order valence-corrected chi connectivity index (χ4v) is 1.32. The van der Waals surface area contributed by atoms with E-state index in [1.807, 2.05) is 0 Å². The maximum atomic E-state index is 12.5. The number of ether oxygens (including phenoxy) is 1. The Labute approximate surface area is 82.4 Å². The Morgan fingerprint density at radius 1 is 1.27 bits per heavy atom. The number of esters is 1. The number of alkyl halides is 5. The lowest BCUT2D eigenvalue weighted by Gasteiger charge is -2.27. The van der Waals surface area contributed by atoms with Gasteiger partial charge < -0.3 is 4.74 Å². The lowest BCUT2D eigenvalue weighted by Crippen LogP contribution is -2.41. The molecule has 0 amide bonds. The summed E-state index contributed by atoms with van der Waals surface area (Å²) in [7, 11) is 0. The SMILES string of the molecule is O=C1CCCC(CC(F)(F)C(F)(F)F)O1. The number of carbonyl (C=O) groups is 1. The van der Waals surface area contributed by atoms with Gasteiger partial charge in [0.2, 0.25) is 0 Å². The molecule has 2 nitrogen and oxygen atoms in total. The second-order valence-corrected chi connectivity index (χ2v) is 3.41. The highest BCUT2D eigenvalue weighted by atomic mass is 19.4. The van der Waals surface area contributed by atoms with E-state index in [2.05, 4.69) is 4.74 Å². The van der Waals surface area contributed by atoms with Crippen molar-refractivity contribution >= 4 is 5.97 Å². The van der Waals surface area contributed by atoms with Crippen molar-refractivity contribution in [2.75, 3.05) is 0 Å². The average molecular weight is 232 g/mol. The molecule has 0 N–H and O–H groups in total. The molecule has 1 fully saturated rings. The summed E-state index contributed by atoms with van der Waals surface area (Å²) in [5.41, 5.74) is 0. The van der Waals surface area contributed by atoms with Gasteiger partial charge in [-0.2, -0.15) is 22.0 Å². The fraction of sp³-hybridized carbons (Fsp3) is 0.875. The topological polar surface area (TPSA) is 26.3 Å². The minimum atomic E-state index is -5.59. The Kier molecular flexibility index (Phi) is 3.20. The van der Waals surface area contributed by atoms with Crippen molar-refractivity contribution in [2.45, 2.75) is 43.9 Å². The molecule has 0 radical (unpaired) electrons. The van der Waals surface area contributed by atoms with Crippen LogP contribution < -0.4 is 0 Å². The van der Waals surface area contributed by atoms with E-state index in [9.17, 15) is 26.7 Å². The monoisotopic (exact) mass is 232 g/mol. The molecule has 88 valence electrons. The van der Waals surface area contributed by atoms with E-state index in [0.717, 1.165) is 0 Å². The third-order valence-corrected chi connectivity index (χ3v) is 2.10. The summed E-state index contributed by atoms with van der Waals surface area (Å²) < 4.78 is 64.8. The number of halogens is 5. The average Bonchev–Trinajstić information content (AvgIpc) is 2.00. The van der Waals surface area contributed by atoms with Crippen LogP contribution in [0.5, 0.6) is 0 Å². The van der Waals surface area contributed by atoms with Gasteiger partial charge in [0.25, 0.3) is 0 Å². The van der Waals surface area contributed by atoms with Gasteiger partial charge in [-0.15, -0.1) is 0 Å². The van der Waals surface area contributed by atoms with Gasteiger partial charge >= 0.3 is 18.1 Å². The van der Waals surface area contributed by atoms with Gasteiger partial charge in [0.15, 0.2) is 0 Å². The van der Waals surface area contributed by atoms with Gasteiger partial charge in [-0.05, 0) is 12.8 Å². The predicted molar refractivity (Wildman–Crippen MR) is 39.4 cm³/mol. The van der Waals surface area contributed by atoms with E-state index in [-0.39, 0.29) is 19.3 Å². The smallest absolute Gasteiger partial charge is 0.453 e. The van der Waals surface area contributed by atoms with Gasteiger partial charge in [-0.3, -0.25) is 4.79 Å². The number of hydrogen-bond acceptors (Lipinski definition) is 2. The molecule has 0 aromatic heterocycles. The maximum Gasteiger partial charge on any atom is 0.453 e. The first-order chi connectivity index (χ1) is 6.72. The molecule has 15 heavy (non-hydrogen) atoms. The number of cyclic esters (lactones) is 1. The minimum Gasteiger partial charge on any atom is -0.462 e. The molecule has 0 aromatic rings. The highest BCUT2D eigenvalue weighted by Crippen LogP contribution is 2.40. The van der Waals surface area contributed by atoms with Crippen molar-refractivity contribution in [3.05, 3.63) is 0 Å². The summed E-state index contributed by atoms with van der Waals surface area (Å²) in [6, 6.07) is 0. The fourth-order valence-electron chi connectivity index (χ4n) is 1.32. The Morgan fingerprint density at radius 3 is 2.33 bits per heavy atom. The Hall–Kier alpha value is -0.880. The third kappa shape index (κ3) is 3.04. The van der Waals surface area contributed by atoms with E-state index in [4.69, 9.17) is 0 Å². The van der Waals surface area contributed by atoms with Crippen molar-refractivity contribution in [2.24, 2.45) is 0 Å². The Bertz CT molecular complexity index is 248. The van der Waals surface area contributed by atoms with E-state index in [0.29, 0.717) is 0 Å². The third-order valence-electron chi connectivity index (χ3n) is 2.10. The summed E-state index contributed by atoms with van der Waals surface area (Å²) >= 11 is 0. The molecular weight excluding hydrogens is 223 g/mol. The normalized spacial score (nSPS) is 23.8. The van der Waals surface area contributed by atoms with Crippen LogP contribution in [0, 0.1) is 0 Å². The zero-order chi connectivity index (χ0) is 11.7. The molecule has 0 aromatic carbocycles. The van der Waals surface area contributed by atoms with Crippen molar-refractivity contribution in [3.8, 4) is 0 Å². The second kappa shape index (κ2) is 3.94. The molecule has 0 aliphatic carbocycles. The Morgan fingerprint density at radius 2 is 1.87 bits per heavy atom. The van der Waals surface area contributed by atoms with Crippen LogP contribution in [0.4, 0.5) is 22.0 Å². The lowest BCUT2D eigenvalue weighted by molar-refractivity contribution is -0.291. The van der Waals surface area contributed by atoms with Crippen LogP contribution in [0.25, 0.3) is 0 Å². The summed E-state index contributed by atoms with van der Waals surface area (Å²) in [6.45, 7) is 0. The first kappa shape index (κ1) is 12.2. The van der Waals surface area contributed by atoms with E-state index in [1.54, 1.807) is 0 Å². The van der Waals surface area contributed by atoms with E-state index in [1.165, 1.54) is 0 Å². The van der Waals surface area contributed by atoms with Crippen LogP contribution >= 0.6 is 0 Å². The molecular formula is C8H9F5O2. The number of carbonyl (C=O) groups excluding carboxylic acids is 1. The molecule has 0 spiro atoms. The van der Waals surface area contributed by atoms with Crippen molar-refractivity contribution in [1.29, 1.82) is 0 Å². The highest BCUT2D eigenvalue weighted by Gasteiger charge is 2.58. The van der Waals surface area contributed by atoms with Crippen LogP contribution in [0.1, 0.15) is 25.7 Å². The van der Waals surface area contributed by atoms with E-state index >= 15 is 0 Å². The summed E-state index contributed by atoms with van der Waals surface area (Å²) in [6.07, 6.45) is -7.98. The van der Waals surface area contributed by atoms with Crippen LogP contribution in [-0.4, -0.2) is 24.2 Å². The summed E-state index contributed by atoms with van der Waals surface area (Å²) in [4.78, 5) is 10.7. The molecule has 1 aliphatic rings. The van der Waals surface area contributed by atoms with Crippen molar-refractivity contribution in [1.82, 2.24) is 0 Å². The molecule has 1 unspecified atom stereocenters. The predicted octanol–water partition coefficient (Wildman–Crippen LogP) is 2.67. The molecule has 1 atom stereocenters. The summed E-state index contributed by atoms with van der Waals surface area (Å²) in [5, 5.41) is 0. The first-order valence-corrected chi connectivity index (χ1v) is 4.36. The quantitative estimate of drug-likeness (QED) is 0.540. The molecule has 0 bridgehead atoms. The summed E-state index contributed by atoms with van der Waals surface area (Å²) in [5.74, 6) is -5.51. The largest absolute Gasteiger partial charge is 0.462 e. The van der Waals surface area contributed by atoms with E-state index < -0.39 is 30.6 Å². The van der Waals surface area contributed by atoms with Gasteiger partial charge in [-0.1, -0.05) is 0 Å². The van der Waals surface area contributed by atoms with Crippen LogP contribution in [0.3, 0.4) is 0 Å². The van der Waals surface area contributed by atoms with Gasteiger partial charge in [0.05, 0.1) is 6.42 Å². The molecule has 1 aliphatic heterocycles. The zero-order valence-electron chi connectivity index (χ0n) is 7.61. The molecule has 7 heteroatoms. The standard InChI is InChI=1S/C8H9F5O2/c9-7(10,8(11,12)13)4-5-2-1-3-6(14)15-5/h5H,1-4H2. The minimum absolute atomic E-state index is 0.0530. The Balaban J connectivity index is 2.57. The van der Waals surface area contributed by atoms with Crippen molar-refractivity contribution < 1.29 is 31.5 Å². The zero-order valence-corrected chi connectivity index (χ0v) is 7.61. The number of rotatable bonds is 2. The molecule has 1 rings (SSSR count). The second-order valence-electron chi connectivity index (χ2n) is 3.41. The molecule has 1 heterocycles. The van der Waals surface area contributed by atoms with Gasteiger partial charge in [0.1, 0.15) is 6.10 Å². The van der Waals surface area contributed by atoms with Crippen LogP contribution in [0.15, 0.2) is 0 Å². The molecule has 1 saturated heterocycles. The lowest BCUT2D eigenvalue weighted by atomic mass is 10.0. The van der Waals surface area contributed by atoms with Crippen LogP contribution in [-0.2, 0) is 9.53 Å². The van der Waals surface area contributed by atoms with Gasteiger partial charge in [0, 0.05) is 6.42 Å². The first-order valence-electron chi connectivity index (χ1n) is 4.36. The van der Waals surface area contributed by atoms with Crippen LogP contribution in [0.2, 0.25) is 0 Å². The molecule has 0 saturated carbocycles. The number of hydrogen-bond donors (Lipinski definition) is 0. The highest BCUT2D eigenvalue weighted by molar-refractivity contribution is 5.70. The van der Waals surface area contributed by atoms with Crippen molar-refractivity contribution in [3.63, 3.8) is 0 Å². The maximum absolute atomic E-state index is 12.5. The van der Waals surface area contributed by atoms with Gasteiger partial charge in [-0.25, -0.2) is 0 Å².